The van der Waals surface area contributed by atoms with Gasteiger partial charge in [-0.15, -0.1) is 0 Å². The summed E-state index contributed by atoms with van der Waals surface area (Å²) in [5, 5.41) is 0. The first kappa shape index (κ1) is 15.2. The van der Waals surface area contributed by atoms with E-state index in [9.17, 15) is 4.79 Å². The van der Waals surface area contributed by atoms with E-state index in [0.717, 1.165) is 36.0 Å². The SMILES string of the molecule is Cc1cc(Br)cc(N)c1OC(C)C(=O)N1CCCCC1. The highest BCUT2D eigenvalue weighted by atomic mass is 79.9. The average Bonchev–Trinajstić information content (AvgIpc) is 2.42. The van der Waals surface area contributed by atoms with Gasteiger partial charge in [0, 0.05) is 17.6 Å². The summed E-state index contributed by atoms with van der Waals surface area (Å²) in [5.74, 6) is 0.650. The first-order valence-electron chi connectivity index (χ1n) is 7.00. The summed E-state index contributed by atoms with van der Waals surface area (Å²) in [6.07, 6.45) is 2.86. The lowest BCUT2D eigenvalue weighted by Crippen LogP contribution is -2.43. The number of likely N-dealkylation sites (tertiary alicyclic amines) is 1. The zero-order chi connectivity index (χ0) is 14.7. The van der Waals surface area contributed by atoms with Crippen molar-refractivity contribution in [2.24, 2.45) is 0 Å². The van der Waals surface area contributed by atoms with Crippen LogP contribution < -0.4 is 10.5 Å². The lowest BCUT2D eigenvalue weighted by Gasteiger charge is -2.29. The van der Waals surface area contributed by atoms with Crippen LogP contribution in [-0.4, -0.2) is 30.0 Å². The van der Waals surface area contributed by atoms with Gasteiger partial charge in [0.15, 0.2) is 6.10 Å². The van der Waals surface area contributed by atoms with Crippen LogP contribution in [0.2, 0.25) is 0 Å². The van der Waals surface area contributed by atoms with E-state index in [-0.39, 0.29) is 5.91 Å². The molecule has 1 unspecified atom stereocenters. The molecule has 5 heteroatoms. The standard InChI is InChI=1S/C15H21BrN2O2/c1-10-8-12(16)9-13(17)14(10)20-11(2)15(19)18-6-4-3-5-7-18/h8-9,11H,3-7,17H2,1-2H3. The molecule has 1 aliphatic rings. The Morgan fingerprint density at radius 2 is 2.00 bits per heavy atom. The Balaban J connectivity index is 2.07. The maximum absolute atomic E-state index is 12.3. The summed E-state index contributed by atoms with van der Waals surface area (Å²) >= 11 is 3.39. The molecule has 4 nitrogen and oxygen atoms in total. The average molecular weight is 341 g/mol. The van der Waals surface area contributed by atoms with Crippen molar-refractivity contribution < 1.29 is 9.53 Å². The molecule has 0 aromatic heterocycles. The molecule has 110 valence electrons. The molecule has 1 aliphatic heterocycles. The molecule has 1 saturated heterocycles. The van der Waals surface area contributed by atoms with Crippen LogP contribution in [0.25, 0.3) is 0 Å². The summed E-state index contributed by atoms with van der Waals surface area (Å²) in [7, 11) is 0. The zero-order valence-corrected chi connectivity index (χ0v) is 13.6. The second-order valence-corrected chi connectivity index (χ2v) is 6.20. The molecule has 0 radical (unpaired) electrons. The molecule has 0 bridgehead atoms. The van der Waals surface area contributed by atoms with E-state index in [4.69, 9.17) is 10.5 Å². The fourth-order valence-electron chi connectivity index (χ4n) is 2.52. The van der Waals surface area contributed by atoms with Crippen LogP contribution >= 0.6 is 15.9 Å². The first-order chi connectivity index (χ1) is 9.49. The quantitative estimate of drug-likeness (QED) is 0.860. The number of halogens is 1. The highest BCUT2D eigenvalue weighted by Crippen LogP contribution is 2.31. The highest BCUT2D eigenvalue weighted by molar-refractivity contribution is 9.10. The number of ether oxygens (including phenoxy) is 1. The summed E-state index contributed by atoms with van der Waals surface area (Å²) in [4.78, 5) is 14.2. The van der Waals surface area contributed by atoms with Gasteiger partial charge in [0.1, 0.15) is 5.75 Å². The van der Waals surface area contributed by atoms with E-state index in [1.165, 1.54) is 6.42 Å². The molecule has 1 amide bonds. The smallest absolute Gasteiger partial charge is 0.263 e. The Bertz CT molecular complexity index is 476. The van der Waals surface area contributed by atoms with E-state index in [1.54, 1.807) is 13.0 Å². The van der Waals surface area contributed by atoms with E-state index in [1.807, 2.05) is 17.9 Å². The third kappa shape index (κ3) is 3.45. The third-order valence-corrected chi connectivity index (χ3v) is 4.04. The summed E-state index contributed by atoms with van der Waals surface area (Å²) < 4.78 is 6.72. The molecule has 20 heavy (non-hydrogen) atoms. The molecule has 2 N–H and O–H groups in total. The Morgan fingerprint density at radius 1 is 1.35 bits per heavy atom. The Morgan fingerprint density at radius 3 is 2.60 bits per heavy atom. The van der Waals surface area contributed by atoms with Crippen LogP contribution in [0.5, 0.6) is 5.75 Å². The van der Waals surface area contributed by atoms with Crippen molar-refractivity contribution in [3.05, 3.63) is 22.2 Å². The number of carbonyl (C=O) groups is 1. The van der Waals surface area contributed by atoms with Gasteiger partial charge in [0.25, 0.3) is 5.91 Å². The molecule has 0 spiro atoms. The maximum atomic E-state index is 12.3. The molecule has 1 aromatic rings. The van der Waals surface area contributed by atoms with Gasteiger partial charge in [-0.25, -0.2) is 0 Å². The molecule has 1 aromatic carbocycles. The van der Waals surface area contributed by atoms with Gasteiger partial charge in [-0.2, -0.15) is 0 Å². The molecule has 1 heterocycles. The minimum absolute atomic E-state index is 0.0476. The molecular weight excluding hydrogens is 320 g/mol. The van der Waals surface area contributed by atoms with Gasteiger partial charge in [0.05, 0.1) is 5.69 Å². The van der Waals surface area contributed by atoms with E-state index >= 15 is 0 Å². The summed E-state index contributed by atoms with van der Waals surface area (Å²) in [6.45, 7) is 5.38. The summed E-state index contributed by atoms with van der Waals surface area (Å²) in [6, 6.07) is 3.73. The van der Waals surface area contributed by atoms with Gasteiger partial charge in [-0.05, 0) is 50.8 Å². The van der Waals surface area contributed by atoms with Crippen LogP contribution in [0.4, 0.5) is 5.69 Å². The molecular formula is C15H21BrN2O2. The van der Waals surface area contributed by atoms with E-state index in [2.05, 4.69) is 15.9 Å². The highest BCUT2D eigenvalue weighted by Gasteiger charge is 2.24. The summed E-state index contributed by atoms with van der Waals surface area (Å²) in [5.41, 5.74) is 7.45. The third-order valence-electron chi connectivity index (χ3n) is 3.58. The number of anilines is 1. The van der Waals surface area contributed by atoms with Gasteiger partial charge in [-0.1, -0.05) is 15.9 Å². The van der Waals surface area contributed by atoms with Crippen LogP contribution in [0.1, 0.15) is 31.7 Å². The maximum Gasteiger partial charge on any atom is 0.263 e. The van der Waals surface area contributed by atoms with Gasteiger partial charge >= 0.3 is 0 Å². The number of benzene rings is 1. The Labute approximate surface area is 128 Å². The van der Waals surface area contributed by atoms with Crippen molar-refractivity contribution in [3.8, 4) is 5.75 Å². The minimum atomic E-state index is -0.504. The lowest BCUT2D eigenvalue weighted by molar-refractivity contribution is -0.138. The number of nitrogens with zero attached hydrogens (tertiary/aromatic N) is 1. The molecule has 2 rings (SSSR count). The lowest BCUT2D eigenvalue weighted by atomic mass is 10.1. The van der Waals surface area contributed by atoms with Crippen molar-refractivity contribution >= 4 is 27.5 Å². The number of rotatable bonds is 3. The van der Waals surface area contributed by atoms with Crippen molar-refractivity contribution in [2.75, 3.05) is 18.8 Å². The van der Waals surface area contributed by atoms with Crippen molar-refractivity contribution in [2.45, 2.75) is 39.2 Å². The second kappa shape index (κ2) is 6.48. The van der Waals surface area contributed by atoms with Crippen LogP contribution in [0.3, 0.4) is 0 Å². The fraction of sp³-hybridized carbons (Fsp3) is 0.533. The first-order valence-corrected chi connectivity index (χ1v) is 7.79. The largest absolute Gasteiger partial charge is 0.478 e. The van der Waals surface area contributed by atoms with Gasteiger partial charge < -0.3 is 15.4 Å². The van der Waals surface area contributed by atoms with Crippen LogP contribution in [-0.2, 0) is 4.79 Å². The number of hydrogen-bond donors (Lipinski definition) is 1. The van der Waals surface area contributed by atoms with E-state index < -0.39 is 6.10 Å². The number of carbonyl (C=O) groups excluding carboxylic acids is 1. The Hall–Kier alpha value is -1.23. The number of hydrogen-bond acceptors (Lipinski definition) is 3. The fourth-order valence-corrected chi connectivity index (χ4v) is 3.11. The monoisotopic (exact) mass is 340 g/mol. The predicted molar refractivity (Wildman–Crippen MR) is 83.8 cm³/mol. The zero-order valence-electron chi connectivity index (χ0n) is 12.0. The van der Waals surface area contributed by atoms with Crippen molar-refractivity contribution in [1.82, 2.24) is 4.90 Å². The molecule has 0 saturated carbocycles. The topological polar surface area (TPSA) is 55.6 Å². The molecule has 1 atom stereocenters. The number of piperidine rings is 1. The number of nitrogens with two attached hydrogens (primary N) is 1. The molecule has 1 fully saturated rings. The van der Waals surface area contributed by atoms with Crippen molar-refractivity contribution in [3.63, 3.8) is 0 Å². The second-order valence-electron chi connectivity index (χ2n) is 5.29. The van der Waals surface area contributed by atoms with E-state index in [0.29, 0.717) is 11.4 Å². The minimum Gasteiger partial charge on any atom is -0.478 e. The van der Waals surface area contributed by atoms with Gasteiger partial charge in [-0.3, -0.25) is 4.79 Å². The number of nitrogen functional groups attached to an aromatic ring is 1. The van der Waals surface area contributed by atoms with Crippen LogP contribution in [0.15, 0.2) is 16.6 Å². The number of aryl methyl sites for hydroxylation is 1. The van der Waals surface area contributed by atoms with Crippen LogP contribution in [0, 0.1) is 6.92 Å². The molecule has 0 aliphatic carbocycles. The van der Waals surface area contributed by atoms with Crippen molar-refractivity contribution in [1.29, 1.82) is 0 Å². The Kier molecular flexibility index (Phi) is 4.91. The normalized spacial score (nSPS) is 16.9. The van der Waals surface area contributed by atoms with Gasteiger partial charge in [0.2, 0.25) is 0 Å². The predicted octanol–water partition coefficient (Wildman–Crippen LogP) is 3.12. The number of amides is 1.